The Morgan fingerprint density at radius 1 is 1.24 bits per heavy atom. The van der Waals surface area contributed by atoms with Crippen LogP contribution in [0.3, 0.4) is 0 Å². The number of allylic oxidation sites excluding steroid dienone is 1. The van der Waals surface area contributed by atoms with Gasteiger partial charge in [0, 0.05) is 56.4 Å². The van der Waals surface area contributed by atoms with Crippen molar-refractivity contribution in [2.75, 3.05) is 45.1 Å². The molecular weight excluding hydrogens is 505 g/mol. The lowest BCUT2D eigenvalue weighted by Gasteiger charge is -2.27. The van der Waals surface area contributed by atoms with Crippen molar-refractivity contribution in [1.29, 1.82) is 0 Å². The SMILES string of the molecule is CC1C=C(c2cc3nccc(Oc4ccc(N)cc4F)c3s2)N=CC(C(=O)NCCN2CCOCC2)C1C. The molecule has 8 nitrogen and oxygen atoms in total. The van der Waals surface area contributed by atoms with Crippen molar-refractivity contribution < 1.29 is 18.7 Å². The van der Waals surface area contributed by atoms with Crippen LogP contribution in [0, 0.1) is 23.6 Å². The van der Waals surface area contributed by atoms with Gasteiger partial charge in [-0.2, -0.15) is 0 Å². The van der Waals surface area contributed by atoms with Crippen LogP contribution in [0.25, 0.3) is 15.9 Å². The summed E-state index contributed by atoms with van der Waals surface area (Å²) in [5.41, 5.74) is 7.52. The second kappa shape index (κ2) is 11.6. The number of pyridine rings is 1. The number of halogens is 1. The van der Waals surface area contributed by atoms with Crippen molar-refractivity contribution in [1.82, 2.24) is 15.2 Å². The molecule has 0 bridgehead atoms. The number of benzene rings is 1. The topological polar surface area (TPSA) is 102 Å². The molecule has 2 aliphatic rings. The summed E-state index contributed by atoms with van der Waals surface area (Å²) >= 11 is 1.48. The Morgan fingerprint density at radius 3 is 2.84 bits per heavy atom. The third kappa shape index (κ3) is 5.87. The highest BCUT2D eigenvalue weighted by molar-refractivity contribution is 7.20. The van der Waals surface area contributed by atoms with Crippen molar-refractivity contribution >= 4 is 45.1 Å². The van der Waals surface area contributed by atoms with Crippen LogP contribution in [0.5, 0.6) is 11.5 Å². The highest BCUT2D eigenvalue weighted by atomic mass is 32.1. The summed E-state index contributed by atoms with van der Waals surface area (Å²) in [7, 11) is 0. The number of fused-ring (bicyclic) bond motifs is 1. The Balaban J connectivity index is 1.32. The van der Waals surface area contributed by atoms with Crippen molar-refractivity contribution in [3.63, 3.8) is 0 Å². The number of aromatic nitrogens is 1. The number of rotatable bonds is 7. The van der Waals surface area contributed by atoms with Crippen LogP contribution in [0.2, 0.25) is 0 Å². The molecule has 0 spiro atoms. The van der Waals surface area contributed by atoms with Crippen LogP contribution < -0.4 is 15.8 Å². The highest BCUT2D eigenvalue weighted by Crippen LogP contribution is 2.40. The van der Waals surface area contributed by atoms with Crippen LogP contribution in [0.15, 0.2) is 47.6 Å². The van der Waals surface area contributed by atoms with E-state index in [0.29, 0.717) is 18.0 Å². The van der Waals surface area contributed by atoms with Crippen molar-refractivity contribution in [2.45, 2.75) is 13.8 Å². The summed E-state index contributed by atoms with van der Waals surface area (Å²) in [6.07, 6.45) is 5.51. The molecule has 200 valence electrons. The number of hydrogen-bond acceptors (Lipinski definition) is 8. The number of morpholine rings is 1. The number of amides is 1. The monoisotopic (exact) mass is 537 g/mol. The van der Waals surface area contributed by atoms with Gasteiger partial charge in [0.15, 0.2) is 11.6 Å². The fourth-order valence-corrected chi connectivity index (χ4v) is 5.68. The fourth-order valence-electron chi connectivity index (χ4n) is 4.64. The summed E-state index contributed by atoms with van der Waals surface area (Å²) in [6, 6.07) is 8.01. The van der Waals surface area contributed by atoms with E-state index in [1.54, 1.807) is 24.5 Å². The number of thiophene rings is 1. The summed E-state index contributed by atoms with van der Waals surface area (Å²) in [5.74, 6) is -0.0522. The second-order valence-electron chi connectivity index (χ2n) is 9.75. The number of nitrogens with zero attached hydrogens (tertiary/aromatic N) is 3. The number of nitrogens with one attached hydrogen (secondary N) is 1. The van der Waals surface area contributed by atoms with Gasteiger partial charge in [0.05, 0.1) is 39.9 Å². The van der Waals surface area contributed by atoms with E-state index in [0.717, 1.165) is 53.6 Å². The molecule has 1 amide bonds. The minimum absolute atomic E-state index is 0.00442. The van der Waals surface area contributed by atoms with Gasteiger partial charge in [-0.25, -0.2) is 4.39 Å². The van der Waals surface area contributed by atoms with Crippen LogP contribution >= 0.6 is 11.3 Å². The Hall–Kier alpha value is -3.34. The zero-order valence-electron chi connectivity index (χ0n) is 21.5. The number of hydrogen-bond donors (Lipinski definition) is 2. The molecule has 10 heteroatoms. The van der Waals surface area contributed by atoms with Gasteiger partial charge in [0.1, 0.15) is 5.75 Å². The van der Waals surface area contributed by atoms with Crippen LogP contribution in [-0.2, 0) is 9.53 Å². The van der Waals surface area contributed by atoms with E-state index in [4.69, 9.17) is 20.2 Å². The summed E-state index contributed by atoms with van der Waals surface area (Å²) in [6.45, 7) is 8.88. The fraction of sp³-hybridized carbons (Fsp3) is 0.393. The molecule has 2 aliphatic heterocycles. The van der Waals surface area contributed by atoms with Crippen LogP contribution in [-0.4, -0.2) is 61.4 Å². The molecule has 0 saturated carbocycles. The average molecular weight is 538 g/mol. The number of nitrogens with two attached hydrogens (primary N) is 1. The predicted octanol–water partition coefficient (Wildman–Crippen LogP) is 4.57. The van der Waals surface area contributed by atoms with E-state index < -0.39 is 5.82 Å². The van der Waals surface area contributed by atoms with Gasteiger partial charge in [0.25, 0.3) is 0 Å². The van der Waals surface area contributed by atoms with Crippen molar-refractivity contribution in [2.24, 2.45) is 22.7 Å². The standard InChI is InChI=1S/C28H32FN5O3S/c1-17-13-22(33-16-20(18(17)2)28(35)32-7-8-34-9-11-36-12-10-34)26-15-23-27(38-26)25(5-6-31-23)37-24-4-3-19(30)14-21(24)29/h3-6,13-18,20H,7-12,30H2,1-2H3,(H,32,35). The lowest BCUT2D eigenvalue weighted by Crippen LogP contribution is -2.43. The average Bonchev–Trinajstić information content (AvgIpc) is 3.29. The molecule has 3 N–H and O–H groups in total. The van der Waals surface area contributed by atoms with Gasteiger partial charge in [-0.3, -0.25) is 19.7 Å². The van der Waals surface area contributed by atoms with Crippen molar-refractivity contribution in [3.05, 3.63) is 53.3 Å². The molecule has 3 unspecified atom stereocenters. The summed E-state index contributed by atoms with van der Waals surface area (Å²) in [5, 5.41) is 3.09. The number of carbonyl (C=O) groups is 1. The Labute approximate surface area is 225 Å². The Kier molecular flexibility index (Phi) is 8.01. The minimum atomic E-state index is -0.528. The van der Waals surface area contributed by atoms with E-state index in [-0.39, 0.29) is 29.4 Å². The molecule has 1 saturated heterocycles. The summed E-state index contributed by atoms with van der Waals surface area (Å²) in [4.78, 5) is 25.5. The van der Waals surface area contributed by atoms with Crippen LogP contribution in [0.4, 0.5) is 10.1 Å². The second-order valence-corrected chi connectivity index (χ2v) is 10.8. The first-order chi connectivity index (χ1) is 18.4. The molecule has 3 aromatic rings. The zero-order valence-corrected chi connectivity index (χ0v) is 22.3. The van der Waals surface area contributed by atoms with E-state index in [1.165, 1.54) is 23.5 Å². The summed E-state index contributed by atoms with van der Waals surface area (Å²) < 4.78 is 26.4. The van der Waals surface area contributed by atoms with E-state index in [1.807, 2.05) is 6.07 Å². The molecule has 2 aromatic heterocycles. The Morgan fingerprint density at radius 2 is 2.05 bits per heavy atom. The maximum Gasteiger partial charge on any atom is 0.228 e. The van der Waals surface area contributed by atoms with Gasteiger partial charge < -0.3 is 20.5 Å². The first-order valence-corrected chi connectivity index (χ1v) is 13.7. The van der Waals surface area contributed by atoms with Gasteiger partial charge in [-0.15, -0.1) is 11.3 Å². The van der Waals surface area contributed by atoms with Gasteiger partial charge >= 0.3 is 0 Å². The molecule has 0 aliphatic carbocycles. The lowest BCUT2D eigenvalue weighted by atomic mass is 9.84. The first-order valence-electron chi connectivity index (χ1n) is 12.8. The third-order valence-electron chi connectivity index (χ3n) is 7.13. The number of aliphatic imine (C=N–C) groups is 1. The molecule has 3 atom stereocenters. The highest BCUT2D eigenvalue weighted by Gasteiger charge is 2.29. The lowest BCUT2D eigenvalue weighted by molar-refractivity contribution is -0.124. The first kappa shape index (κ1) is 26.3. The molecule has 0 radical (unpaired) electrons. The predicted molar refractivity (Wildman–Crippen MR) is 149 cm³/mol. The molecule has 1 fully saturated rings. The number of ether oxygens (including phenoxy) is 2. The third-order valence-corrected chi connectivity index (χ3v) is 8.29. The van der Waals surface area contributed by atoms with E-state index >= 15 is 0 Å². The quantitative estimate of drug-likeness (QED) is 0.428. The van der Waals surface area contributed by atoms with E-state index in [2.05, 4.69) is 35.1 Å². The Bertz CT molecular complexity index is 1370. The molecule has 1 aromatic carbocycles. The smallest absolute Gasteiger partial charge is 0.228 e. The molecule has 38 heavy (non-hydrogen) atoms. The zero-order chi connectivity index (χ0) is 26.6. The maximum atomic E-state index is 14.3. The number of carbonyl (C=O) groups excluding carboxylic acids is 1. The molecule has 4 heterocycles. The van der Waals surface area contributed by atoms with Gasteiger partial charge in [-0.1, -0.05) is 19.9 Å². The van der Waals surface area contributed by atoms with Gasteiger partial charge in [-0.05, 0) is 30.0 Å². The minimum Gasteiger partial charge on any atom is -0.453 e. The normalized spacial score (nSPS) is 22.2. The molecule has 5 rings (SSSR count). The van der Waals surface area contributed by atoms with Crippen LogP contribution in [0.1, 0.15) is 18.7 Å². The van der Waals surface area contributed by atoms with Crippen molar-refractivity contribution in [3.8, 4) is 11.5 Å². The molecular formula is C28H32FN5O3S. The maximum absolute atomic E-state index is 14.3. The number of nitrogen functional groups attached to an aromatic ring is 1. The largest absolute Gasteiger partial charge is 0.453 e. The number of anilines is 1. The van der Waals surface area contributed by atoms with E-state index in [9.17, 15) is 9.18 Å². The van der Waals surface area contributed by atoms with Gasteiger partial charge in [0.2, 0.25) is 5.91 Å².